The Morgan fingerprint density at radius 3 is 2.12 bits per heavy atom. The van der Waals surface area contributed by atoms with Gasteiger partial charge >= 0.3 is 12.1 Å². The van der Waals surface area contributed by atoms with Gasteiger partial charge in [-0.1, -0.05) is 19.9 Å². The predicted molar refractivity (Wildman–Crippen MR) is 48.6 cm³/mol. The van der Waals surface area contributed by atoms with Crippen LogP contribution in [0.2, 0.25) is 0 Å². The summed E-state index contributed by atoms with van der Waals surface area (Å²) in [5.74, 6) is -2.74. The molecule has 1 saturated carbocycles. The molecule has 1 fully saturated rings. The topological polar surface area (TPSA) is 54.4 Å². The van der Waals surface area contributed by atoms with Crippen LogP contribution in [0.3, 0.4) is 0 Å². The Labute approximate surface area is 89.9 Å². The molecule has 0 saturated heterocycles. The molecule has 0 amide bonds. The first kappa shape index (κ1) is 12.7. The van der Waals surface area contributed by atoms with E-state index in [9.17, 15) is 22.8 Å². The second-order valence-corrected chi connectivity index (χ2v) is 4.40. The van der Waals surface area contributed by atoms with Crippen LogP contribution in [0.4, 0.5) is 13.2 Å². The predicted octanol–water partition coefficient (Wildman–Crippen LogP) is 2.03. The quantitative estimate of drug-likeness (QED) is 0.602. The van der Waals surface area contributed by atoms with Crippen molar-refractivity contribution in [1.29, 1.82) is 0 Å². The van der Waals surface area contributed by atoms with Gasteiger partial charge in [-0.15, -0.1) is 0 Å². The number of aliphatic carboxylic acids is 1. The summed E-state index contributed by atoms with van der Waals surface area (Å²) in [5, 5.41) is 8.75. The summed E-state index contributed by atoms with van der Waals surface area (Å²) in [6, 6.07) is 0. The molecule has 0 spiro atoms. The van der Waals surface area contributed by atoms with Crippen LogP contribution in [0.15, 0.2) is 11.6 Å². The largest absolute Gasteiger partial charge is 0.481 e. The number of carbonyl (C=O) groups is 2. The number of hydrogen-bond acceptors (Lipinski definition) is 2. The first-order chi connectivity index (χ1) is 7.12. The number of carboxylic acids is 1. The third kappa shape index (κ3) is 2.10. The summed E-state index contributed by atoms with van der Waals surface area (Å²) in [6.07, 6.45) is -4.29. The van der Waals surface area contributed by atoms with Crippen molar-refractivity contribution in [2.45, 2.75) is 20.0 Å². The van der Waals surface area contributed by atoms with Crippen molar-refractivity contribution in [2.24, 2.45) is 17.3 Å². The van der Waals surface area contributed by atoms with Crippen LogP contribution in [0, 0.1) is 17.3 Å². The maximum atomic E-state index is 12.2. The van der Waals surface area contributed by atoms with E-state index in [0.29, 0.717) is 6.08 Å². The second-order valence-electron chi connectivity index (χ2n) is 4.40. The number of aldehydes is 1. The van der Waals surface area contributed by atoms with E-state index in [1.807, 2.05) is 0 Å². The molecular weight excluding hydrogens is 225 g/mol. The molecule has 90 valence electrons. The van der Waals surface area contributed by atoms with Crippen LogP contribution >= 0.6 is 0 Å². The molecule has 3 nitrogen and oxygen atoms in total. The first-order valence-electron chi connectivity index (χ1n) is 4.59. The molecule has 0 aromatic heterocycles. The summed E-state index contributed by atoms with van der Waals surface area (Å²) in [4.78, 5) is 21.0. The summed E-state index contributed by atoms with van der Waals surface area (Å²) in [6.45, 7) is 3.12. The Balaban J connectivity index is 2.94. The molecule has 0 aromatic rings. The highest BCUT2D eigenvalue weighted by molar-refractivity contribution is 5.79. The fraction of sp³-hybridized carbons (Fsp3) is 0.600. The fourth-order valence-electron chi connectivity index (χ4n) is 1.85. The summed E-state index contributed by atoms with van der Waals surface area (Å²) < 4.78 is 36.7. The summed E-state index contributed by atoms with van der Waals surface area (Å²) in [7, 11) is 0. The third-order valence-electron chi connectivity index (χ3n) is 2.99. The molecule has 0 aromatic carbocycles. The molecule has 2 atom stereocenters. The van der Waals surface area contributed by atoms with E-state index in [2.05, 4.69) is 0 Å². The van der Waals surface area contributed by atoms with Crippen molar-refractivity contribution >= 4 is 12.3 Å². The molecule has 1 rings (SSSR count). The zero-order chi connectivity index (χ0) is 12.7. The zero-order valence-electron chi connectivity index (χ0n) is 8.71. The number of allylic oxidation sites excluding steroid dienone is 2. The average Bonchev–Trinajstić information content (AvgIpc) is 2.61. The molecule has 0 aliphatic heterocycles. The molecule has 1 aliphatic rings. The SMILES string of the molecule is CC1(C)C(C=C(C=O)C(F)(F)F)C1C(=O)O. The van der Waals surface area contributed by atoms with Crippen LogP contribution in [0.25, 0.3) is 0 Å². The highest BCUT2D eigenvalue weighted by atomic mass is 19.4. The lowest BCUT2D eigenvalue weighted by molar-refractivity contribution is -0.139. The molecule has 0 heterocycles. The second kappa shape index (κ2) is 3.61. The molecule has 1 aliphatic carbocycles. The minimum Gasteiger partial charge on any atom is -0.481 e. The van der Waals surface area contributed by atoms with Crippen LogP contribution in [0.1, 0.15) is 13.8 Å². The molecule has 0 bridgehead atoms. The van der Waals surface area contributed by atoms with Crippen molar-refractivity contribution in [3.63, 3.8) is 0 Å². The fourth-order valence-corrected chi connectivity index (χ4v) is 1.85. The van der Waals surface area contributed by atoms with E-state index in [1.165, 1.54) is 0 Å². The van der Waals surface area contributed by atoms with E-state index < -0.39 is 35.0 Å². The first-order valence-corrected chi connectivity index (χ1v) is 4.59. The van der Waals surface area contributed by atoms with Crippen LogP contribution in [0.5, 0.6) is 0 Å². The van der Waals surface area contributed by atoms with E-state index in [-0.39, 0.29) is 6.29 Å². The monoisotopic (exact) mass is 236 g/mol. The average molecular weight is 236 g/mol. The number of hydrogen-bond donors (Lipinski definition) is 1. The van der Waals surface area contributed by atoms with E-state index >= 15 is 0 Å². The highest BCUT2D eigenvalue weighted by Gasteiger charge is 2.61. The molecule has 16 heavy (non-hydrogen) atoms. The van der Waals surface area contributed by atoms with Crippen molar-refractivity contribution < 1.29 is 27.9 Å². The minimum atomic E-state index is -4.72. The van der Waals surface area contributed by atoms with Gasteiger partial charge in [-0.25, -0.2) is 0 Å². The number of alkyl halides is 3. The minimum absolute atomic E-state index is 0.284. The normalized spacial score (nSPS) is 28.7. The number of carbonyl (C=O) groups excluding carboxylic acids is 1. The number of halogens is 3. The van der Waals surface area contributed by atoms with E-state index in [0.717, 1.165) is 0 Å². The summed E-state index contributed by atoms with van der Waals surface area (Å²) in [5.41, 5.74) is -2.04. The lowest BCUT2D eigenvalue weighted by atomic mass is 10.1. The molecular formula is C10H11F3O3. The Bertz CT molecular complexity index is 355. The Morgan fingerprint density at radius 1 is 1.38 bits per heavy atom. The van der Waals surface area contributed by atoms with Crippen LogP contribution in [-0.4, -0.2) is 23.5 Å². The van der Waals surface area contributed by atoms with Gasteiger partial charge in [-0.05, 0) is 11.3 Å². The van der Waals surface area contributed by atoms with Crippen LogP contribution in [-0.2, 0) is 9.59 Å². The number of carboxylic acid groups (broad SMARTS) is 1. The maximum absolute atomic E-state index is 12.2. The van der Waals surface area contributed by atoms with Crippen LogP contribution < -0.4 is 0 Å². The van der Waals surface area contributed by atoms with Gasteiger partial charge in [0.05, 0.1) is 11.5 Å². The Morgan fingerprint density at radius 2 is 1.88 bits per heavy atom. The van der Waals surface area contributed by atoms with Gasteiger partial charge in [0, 0.05) is 0 Å². The summed E-state index contributed by atoms with van der Waals surface area (Å²) >= 11 is 0. The number of rotatable bonds is 3. The Hall–Kier alpha value is -1.33. The van der Waals surface area contributed by atoms with Gasteiger partial charge in [0.15, 0.2) is 6.29 Å². The van der Waals surface area contributed by atoms with Gasteiger partial charge in [0.2, 0.25) is 0 Å². The van der Waals surface area contributed by atoms with Crippen molar-refractivity contribution in [2.75, 3.05) is 0 Å². The van der Waals surface area contributed by atoms with Crippen molar-refractivity contribution in [3.8, 4) is 0 Å². The highest BCUT2D eigenvalue weighted by Crippen LogP contribution is 2.59. The van der Waals surface area contributed by atoms with Gasteiger partial charge in [-0.2, -0.15) is 13.2 Å². The van der Waals surface area contributed by atoms with Crippen molar-refractivity contribution in [3.05, 3.63) is 11.6 Å². The zero-order valence-corrected chi connectivity index (χ0v) is 8.71. The molecule has 1 N–H and O–H groups in total. The molecule has 6 heteroatoms. The lowest BCUT2D eigenvalue weighted by Crippen LogP contribution is -2.13. The maximum Gasteiger partial charge on any atom is 0.419 e. The van der Waals surface area contributed by atoms with E-state index in [1.54, 1.807) is 13.8 Å². The standard InChI is InChI=1S/C10H11F3O3/c1-9(2)6(7(9)8(15)16)3-5(4-14)10(11,12)13/h3-4,6-7H,1-2H3,(H,15,16). The molecule has 2 unspecified atom stereocenters. The van der Waals surface area contributed by atoms with Gasteiger partial charge in [-0.3, -0.25) is 9.59 Å². The third-order valence-corrected chi connectivity index (χ3v) is 2.99. The lowest BCUT2D eigenvalue weighted by Gasteiger charge is -2.05. The Kier molecular flexibility index (Phi) is 2.87. The van der Waals surface area contributed by atoms with Gasteiger partial charge in [0.25, 0.3) is 0 Å². The molecule has 0 radical (unpaired) electrons. The van der Waals surface area contributed by atoms with Gasteiger partial charge in [0.1, 0.15) is 0 Å². The van der Waals surface area contributed by atoms with Gasteiger partial charge < -0.3 is 5.11 Å². The smallest absolute Gasteiger partial charge is 0.419 e. The van der Waals surface area contributed by atoms with E-state index in [4.69, 9.17) is 5.11 Å². The van der Waals surface area contributed by atoms with Crippen molar-refractivity contribution in [1.82, 2.24) is 0 Å².